The number of hydrogen-bond acceptors (Lipinski definition) is 4. The van der Waals surface area contributed by atoms with Crippen LogP contribution in [-0.2, 0) is 16.1 Å². The molecule has 2 N–H and O–H groups in total. The lowest BCUT2D eigenvalue weighted by molar-refractivity contribution is -0.146. The molecular weight excluding hydrogens is 334 g/mol. The predicted molar refractivity (Wildman–Crippen MR) is 96.9 cm³/mol. The number of rotatable bonds is 6. The first-order valence-corrected chi connectivity index (χ1v) is 10.4. The van der Waals surface area contributed by atoms with Gasteiger partial charge < -0.3 is 10.6 Å². The van der Waals surface area contributed by atoms with Crippen LogP contribution in [0.15, 0.2) is 5.38 Å². The van der Waals surface area contributed by atoms with Gasteiger partial charge in [-0.3, -0.25) is 9.59 Å². The van der Waals surface area contributed by atoms with E-state index in [0.29, 0.717) is 19.5 Å². The van der Waals surface area contributed by atoms with Crippen molar-refractivity contribution in [3.8, 4) is 0 Å². The molecule has 136 valence electrons. The lowest BCUT2D eigenvalue weighted by Gasteiger charge is -2.55. The second-order valence-corrected chi connectivity index (χ2v) is 9.40. The van der Waals surface area contributed by atoms with E-state index >= 15 is 0 Å². The molecule has 0 radical (unpaired) electrons. The van der Waals surface area contributed by atoms with Gasteiger partial charge in [0.2, 0.25) is 11.8 Å². The summed E-state index contributed by atoms with van der Waals surface area (Å²) < 4.78 is 0. The maximum absolute atomic E-state index is 12.8. The van der Waals surface area contributed by atoms with E-state index < -0.39 is 0 Å². The Balaban J connectivity index is 1.22. The molecule has 4 saturated carbocycles. The number of carbonyl (C=O) groups is 2. The fourth-order valence-electron chi connectivity index (χ4n) is 5.63. The van der Waals surface area contributed by atoms with Gasteiger partial charge in [0, 0.05) is 23.8 Å². The predicted octanol–water partition coefficient (Wildman–Crippen LogP) is 2.79. The highest BCUT2D eigenvalue weighted by Crippen LogP contribution is 2.60. The van der Waals surface area contributed by atoms with Crippen LogP contribution in [0.2, 0.25) is 0 Å². The van der Waals surface area contributed by atoms with Crippen molar-refractivity contribution in [3.05, 3.63) is 16.1 Å². The van der Waals surface area contributed by atoms with Crippen LogP contribution in [0, 0.1) is 30.1 Å². The van der Waals surface area contributed by atoms with Crippen LogP contribution >= 0.6 is 11.3 Å². The highest BCUT2D eigenvalue weighted by atomic mass is 32.1. The van der Waals surface area contributed by atoms with Crippen LogP contribution in [-0.4, -0.2) is 23.3 Å². The second kappa shape index (κ2) is 6.71. The molecule has 5 rings (SSSR count). The Labute approximate surface area is 153 Å². The number of aryl methyl sites for hydroxylation is 1. The average Bonchev–Trinajstić information content (AvgIpc) is 2.97. The summed E-state index contributed by atoms with van der Waals surface area (Å²) in [5.41, 5.74) is 0.775. The SMILES string of the molecule is Cc1nc(CNC(=O)CCNC(=O)C23CC4CC(CC(C4)C2)C3)cs1. The van der Waals surface area contributed by atoms with Crippen LogP contribution in [0.3, 0.4) is 0 Å². The van der Waals surface area contributed by atoms with Crippen molar-refractivity contribution in [1.82, 2.24) is 15.6 Å². The number of aromatic nitrogens is 1. The summed E-state index contributed by atoms with van der Waals surface area (Å²) in [6.45, 7) is 2.85. The van der Waals surface area contributed by atoms with E-state index in [1.54, 1.807) is 11.3 Å². The average molecular weight is 362 g/mol. The Kier molecular flexibility index (Phi) is 4.56. The summed E-state index contributed by atoms with van der Waals surface area (Å²) in [5, 5.41) is 8.90. The van der Waals surface area contributed by atoms with Crippen molar-refractivity contribution in [2.24, 2.45) is 23.2 Å². The first-order chi connectivity index (χ1) is 12.0. The van der Waals surface area contributed by atoms with E-state index in [1.165, 1.54) is 19.3 Å². The Hall–Kier alpha value is -1.43. The van der Waals surface area contributed by atoms with Crippen LogP contribution in [0.25, 0.3) is 0 Å². The molecule has 5 nitrogen and oxygen atoms in total. The van der Waals surface area contributed by atoms with E-state index in [0.717, 1.165) is 47.7 Å². The van der Waals surface area contributed by atoms with Gasteiger partial charge >= 0.3 is 0 Å². The topological polar surface area (TPSA) is 71.1 Å². The minimum absolute atomic E-state index is 0.0311. The molecule has 0 atom stereocenters. The molecule has 25 heavy (non-hydrogen) atoms. The van der Waals surface area contributed by atoms with Gasteiger partial charge in [0.1, 0.15) is 0 Å². The van der Waals surface area contributed by atoms with E-state index in [2.05, 4.69) is 15.6 Å². The Morgan fingerprint density at radius 2 is 1.80 bits per heavy atom. The minimum Gasteiger partial charge on any atom is -0.355 e. The summed E-state index contributed by atoms with van der Waals surface area (Å²) in [7, 11) is 0. The van der Waals surface area contributed by atoms with Crippen LogP contribution in [0.5, 0.6) is 0 Å². The van der Waals surface area contributed by atoms with Crippen LogP contribution in [0.1, 0.15) is 55.6 Å². The number of nitrogens with zero attached hydrogens (tertiary/aromatic N) is 1. The van der Waals surface area contributed by atoms with Crippen molar-refractivity contribution in [2.45, 2.75) is 58.4 Å². The lowest BCUT2D eigenvalue weighted by atomic mass is 9.49. The van der Waals surface area contributed by atoms with Crippen molar-refractivity contribution in [2.75, 3.05) is 6.54 Å². The molecule has 1 aromatic rings. The summed E-state index contributed by atoms with van der Waals surface area (Å²) in [5.74, 6) is 2.47. The van der Waals surface area contributed by atoms with Gasteiger partial charge in [0.05, 0.1) is 17.2 Å². The Morgan fingerprint density at radius 3 is 2.36 bits per heavy atom. The normalized spacial score (nSPS) is 32.6. The van der Waals surface area contributed by atoms with Crippen molar-refractivity contribution >= 4 is 23.2 Å². The summed E-state index contributed by atoms with van der Waals surface area (Å²) in [4.78, 5) is 29.1. The fraction of sp³-hybridized carbons (Fsp3) is 0.737. The number of hydrogen-bond donors (Lipinski definition) is 2. The molecule has 6 heteroatoms. The van der Waals surface area contributed by atoms with Gasteiger partial charge in [-0.15, -0.1) is 11.3 Å². The summed E-state index contributed by atoms with van der Waals surface area (Å²) in [6.07, 6.45) is 7.56. The first-order valence-electron chi connectivity index (χ1n) is 9.48. The molecular formula is C19H27N3O2S. The van der Waals surface area contributed by atoms with E-state index in [9.17, 15) is 9.59 Å². The fourth-order valence-corrected chi connectivity index (χ4v) is 6.25. The van der Waals surface area contributed by atoms with Gasteiger partial charge in [-0.2, -0.15) is 0 Å². The van der Waals surface area contributed by atoms with Gasteiger partial charge in [0.15, 0.2) is 0 Å². The maximum Gasteiger partial charge on any atom is 0.226 e. The lowest BCUT2D eigenvalue weighted by Crippen LogP contribution is -2.53. The van der Waals surface area contributed by atoms with Gasteiger partial charge in [-0.05, 0) is 63.2 Å². The second-order valence-electron chi connectivity index (χ2n) is 8.34. The smallest absolute Gasteiger partial charge is 0.226 e. The van der Waals surface area contributed by atoms with Gasteiger partial charge in [-0.1, -0.05) is 0 Å². The Bertz CT molecular complexity index is 634. The van der Waals surface area contributed by atoms with E-state index in [-0.39, 0.29) is 17.2 Å². The molecule has 1 heterocycles. The Morgan fingerprint density at radius 1 is 1.16 bits per heavy atom. The van der Waals surface area contributed by atoms with Crippen LogP contribution < -0.4 is 10.6 Å². The molecule has 2 amide bonds. The molecule has 4 fully saturated rings. The van der Waals surface area contributed by atoms with Gasteiger partial charge in [0.25, 0.3) is 0 Å². The van der Waals surface area contributed by atoms with E-state index in [1.807, 2.05) is 12.3 Å². The standard InChI is InChI=1S/C19H27N3O2S/c1-12-22-16(11-25-12)10-21-17(23)2-3-20-18(24)19-7-13-4-14(8-19)6-15(5-13)9-19/h11,13-15H,2-10H2,1H3,(H,20,24)(H,21,23). The zero-order valence-electron chi connectivity index (χ0n) is 14.8. The zero-order valence-corrected chi connectivity index (χ0v) is 15.7. The number of amides is 2. The van der Waals surface area contributed by atoms with Gasteiger partial charge in [-0.25, -0.2) is 4.98 Å². The molecule has 4 aliphatic rings. The minimum atomic E-state index is -0.122. The summed E-state index contributed by atoms with van der Waals surface area (Å²) in [6, 6.07) is 0. The molecule has 0 aliphatic heterocycles. The third-order valence-electron chi connectivity index (χ3n) is 6.29. The summed E-state index contributed by atoms with van der Waals surface area (Å²) >= 11 is 1.59. The number of thiazole rings is 1. The number of nitrogens with one attached hydrogen (secondary N) is 2. The molecule has 0 saturated heterocycles. The first kappa shape index (κ1) is 17.0. The van der Waals surface area contributed by atoms with Crippen molar-refractivity contribution < 1.29 is 9.59 Å². The molecule has 4 bridgehead atoms. The largest absolute Gasteiger partial charge is 0.355 e. The monoisotopic (exact) mass is 361 g/mol. The third kappa shape index (κ3) is 3.59. The highest BCUT2D eigenvalue weighted by Gasteiger charge is 2.54. The molecule has 0 spiro atoms. The van der Waals surface area contributed by atoms with Crippen molar-refractivity contribution in [3.63, 3.8) is 0 Å². The molecule has 0 unspecified atom stereocenters. The quantitative estimate of drug-likeness (QED) is 0.818. The maximum atomic E-state index is 12.8. The van der Waals surface area contributed by atoms with Crippen molar-refractivity contribution in [1.29, 1.82) is 0 Å². The molecule has 0 aromatic carbocycles. The van der Waals surface area contributed by atoms with Crippen LogP contribution in [0.4, 0.5) is 0 Å². The third-order valence-corrected chi connectivity index (χ3v) is 7.11. The number of carbonyl (C=O) groups excluding carboxylic acids is 2. The molecule has 1 aromatic heterocycles. The van der Waals surface area contributed by atoms with E-state index in [4.69, 9.17) is 0 Å². The molecule has 4 aliphatic carbocycles. The highest BCUT2D eigenvalue weighted by molar-refractivity contribution is 7.09. The zero-order chi connectivity index (χ0) is 17.4.